The normalized spacial score (nSPS) is 14.9. The third kappa shape index (κ3) is 4.68. The summed E-state index contributed by atoms with van der Waals surface area (Å²) >= 11 is 0. The van der Waals surface area contributed by atoms with E-state index in [1.807, 2.05) is 60.7 Å². The van der Waals surface area contributed by atoms with Gasteiger partial charge in [-0.3, -0.25) is 9.80 Å². The number of amides is 1. The van der Waals surface area contributed by atoms with E-state index < -0.39 is 11.9 Å². The Labute approximate surface area is 203 Å². The van der Waals surface area contributed by atoms with Gasteiger partial charge < -0.3 is 10.4 Å². The minimum absolute atomic E-state index is 0.0325. The van der Waals surface area contributed by atoms with Gasteiger partial charge in [0.2, 0.25) is 0 Å². The molecule has 1 unspecified atom stereocenters. The lowest BCUT2D eigenvalue weighted by molar-refractivity contribution is 0.0692. The summed E-state index contributed by atoms with van der Waals surface area (Å²) in [5.74, 6) is -1.60. The maximum Gasteiger partial charge on any atom is 0.336 e. The van der Waals surface area contributed by atoms with Crippen LogP contribution in [0.2, 0.25) is 0 Å². The second-order valence-electron chi connectivity index (χ2n) is 8.24. The Morgan fingerprint density at radius 3 is 2.03 bits per heavy atom. The van der Waals surface area contributed by atoms with Crippen LogP contribution < -0.4 is 10.3 Å². The van der Waals surface area contributed by atoms with Gasteiger partial charge in [-0.1, -0.05) is 72.8 Å². The zero-order chi connectivity index (χ0) is 24.2. The van der Waals surface area contributed by atoms with E-state index in [1.165, 1.54) is 17.7 Å². The number of anilines is 2. The Hall–Kier alpha value is -4.71. The van der Waals surface area contributed by atoms with Crippen LogP contribution in [0.5, 0.6) is 0 Å². The molecule has 1 aliphatic rings. The smallest absolute Gasteiger partial charge is 0.336 e. The van der Waals surface area contributed by atoms with E-state index in [4.69, 9.17) is 5.10 Å². The van der Waals surface area contributed by atoms with E-state index in [9.17, 15) is 14.7 Å². The number of rotatable bonds is 6. The Balaban J connectivity index is 1.38. The molecule has 172 valence electrons. The van der Waals surface area contributed by atoms with Crippen LogP contribution in [0.1, 0.15) is 44.3 Å². The monoisotopic (exact) mass is 461 g/mol. The van der Waals surface area contributed by atoms with Gasteiger partial charge in [-0.2, -0.15) is 5.10 Å². The van der Waals surface area contributed by atoms with Gasteiger partial charge in [0, 0.05) is 12.1 Å². The molecule has 1 heterocycles. The number of nitrogens with zero attached hydrogens (tertiary/aromatic N) is 2. The molecule has 1 amide bonds. The summed E-state index contributed by atoms with van der Waals surface area (Å²) in [6.07, 6.45) is 0.747. The number of hydrogen-bond donors (Lipinski definition) is 2. The van der Waals surface area contributed by atoms with Crippen molar-refractivity contribution in [2.24, 2.45) is 5.10 Å². The molecule has 35 heavy (non-hydrogen) atoms. The lowest BCUT2D eigenvalue weighted by atomic mass is 9.98. The fraction of sp³-hybridized carbons (Fsp3) is 0.0690. The predicted molar refractivity (Wildman–Crippen MR) is 137 cm³/mol. The lowest BCUT2D eigenvalue weighted by Gasteiger charge is -2.23. The second kappa shape index (κ2) is 9.65. The summed E-state index contributed by atoms with van der Waals surface area (Å²) in [6.45, 7) is 0. The van der Waals surface area contributed by atoms with Crippen LogP contribution in [0.3, 0.4) is 0 Å². The molecule has 1 atom stereocenters. The average Bonchev–Trinajstić information content (AvgIpc) is 3.36. The van der Waals surface area contributed by atoms with E-state index in [1.54, 1.807) is 12.1 Å². The van der Waals surface area contributed by atoms with Crippen molar-refractivity contribution in [3.8, 4) is 0 Å². The van der Waals surface area contributed by atoms with Crippen molar-refractivity contribution >= 4 is 29.0 Å². The van der Waals surface area contributed by atoms with Crippen molar-refractivity contribution in [2.75, 3.05) is 10.3 Å². The summed E-state index contributed by atoms with van der Waals surface area (Å²) in [7, 11) is 0. The summed E-state index contributed by atoms with van der Waals surface area (Å²) in [6, 6.07) is 34.1. The molecule has 0 aromatic heterocycles. The number of para-hydroxylation sites is 1. The van der Waals surface area contributed by atoms with Crippen LogP contribution in [0.4, 0.5) is 11.4 Å². The molecule has 0 aliphatic carbocycles. The van der Waals surface area contributed by atoms with Crippen LogP contribution in [-0.2, 0) is 0 Å². The highest BCUT2D eigenvalue weighted by Gasteiger charge is 2.29. The standard InChI is InChI=1S/C29H23N3O3/c33-28(24-13-7-8-14-25(24)29(34)35)30-22-17-15-20(16-18-22)26-19-27(21-9-3-1-4-10-21)32(31-26)23-11-5-2-6-12-23/h1-18,27H,19H2,(H,30,33)(H,34,35). The molecule has 2 N–H and O–H groups in total. The quantitative estimate of drug-likeness (QED) is 0.369. The Morgan fingerprint density at radius 1 is 0.771 bits per heavy atom. The fourth-order valence-electron chi connectivity index (χ4n) is 4.25. The second-order valence-corrected chi connectivity index (χ2v) is 8.24. The van der Waals surface area contributed by atoms with Gasteiger partial charge in [0.1, 0.15) is 0 Å². The lowest BCUT2D eigenvalue weighted by Crippen LogP contribution is -2.18. The number of benzene rings is 4. The maximum atomic E-state index is 12.7. The van der Waals surface area contributed by atoms with E-state index >= 15 is 0 Å². The number of nitrogens with one attached hydrogen (secondary N) is 1. The minimum Gasteiger partial charge on any atom is -0.478 e. The minimum atomic E-state index is -1.14. The van der Waals surface area contributed by atoms with Crippen molar-refractivity contribution in [3.05, 3.63) is 131 Å². The average molecular weight is 462 g/mol. The van der Waals surface area contributed by atoms with Crippen molar-refractivity contribution < 1.29 is 14.7 Å². The third-order valence-electron chi connectivity index (χ3n) is 5.99. The van der Waals surface area contributed by atoms with E-state index in [2.05, 4.69) is 34.6 Å². The van der Waals surface area contributed by atoms with Crippen molar-refractivity contribution in [2.45, 2.75) is 12.5 Å². The molecular formula is C29H23N3O3. The van der Waals surface area contributed by atoms with Crippen LogP contribution in [-0.4, -0.2) is 22.7 Å². The number of carbonyl (C=O) groups is 2. The van der Waals surface area contributed by atoms with E-state index in [-0.39, 0.29) is 17.2 Å². The first-order chi connectivity index (χ1) is 17.1. The Morgan fingerprint density at radius 2 is 1.37 bits per heavy atom. The number of hydrazone groups is 1. The van der Waals surface area contributed by atoms with E-state index in [0.717, 1.165) is 23.4 Å². The Bertz CT molecular complexity index is 1380. The van der Waals surface area contributed by atoms with Gasteiger partial charge in [0.15, 0.2) is 0 Å². The molecule has 0 spiro atoms. The molecule has 0 fully saturated rings. The van der Waals surface area contributed by atoms with Gasteiger partial charge in [0.05, 0.1) is 28.6 Å². The molecule has 6 nitrogen and oxygen atoms in total. The van der Waals surface area contributed by atoms with Gasteiger partial charge >= 0.3 is 5.97 Å². The summed E-state index contributed by atoms with van der Waals surface area (Å²) in [5.41, 5.74) is 4.80. The number of hydrogen-bond acceptors (Lipinski definition) is 4. The first kappa shape index (κ1) is 22.1. The topological polar surface area (TPSA) is 82.0 Å². The fourth-order valence-corrected chi connectivity index (χ4v) is 4.25. The van der Waals surface area contributed by atoms with Gasteiger partial charge in [-0.05, 0) is 47.5 Å². The van der Waals surface area contributed by atoms with Gasteiger partial charge in [-0.25, -0.2) is 4.79 Å². The summed E-state index contributed by atoms with van der Waals surface area (Å²) in [5, 5.41) is 19.1. The third-order valence-corrected chi connectivity index (χ3v) is 5.99. The molecule has 6 heteroatoms. The molecule has 5 rings (SSSR count). The van der Waals surface area contributed by atoms with Crippen molar-refractivity contribution in [1.29, 1.82) is 0 Å². The molecule has 0 radical (unpaired) electrons. The van der Waals surface area contributed by atoms with E-state index in [0.29, 0.717) is 5.69 Å². The number of carboxylic acid groups (broad SMARTS) is 1. The van der Waals surface area contributed by atoms with Gasteiger partial charge in [0.25, 0.3) is 5.91 Å². The Kier molecular flexibility index (Phi) is 6.09. The zero-order valence-corrected chi connectivity index (χ0v) is 18.8. The van der Waals surface area contributed by atoms with Gasteiger partial charge in [-0.15, -0.1) is 0 Å². The molecule has 4 aromatic rings. The van der Waals surface area contributed by atoms with Crippen LogP contribution in [0, 0.1) is 0 Å². The number of carboxylic acids is 1. The zero-order valence-electron chi connectivity index (χ0n) is 18.8. The van der Waals surface area contributed by atoms with Crippen molar-refractivity contribution in [3.63, 3.8) is 0 Å². The summed E-state index contributed by atoms with van der Waals surface area (Å²) < 4.78 is 0. The number of carbonyl (C=O) groups excluding carboxylic acids is 1. The molecule has 0 saturated heterocycles. The van der Waals surface area contributed by atoms with Crippen LogP contribution in [0.25, 0.3) is 0 Å². The first-order valence-electron chi connectivity index (χ1n) is 11.3. The SMILES string of the molecule is O=C(O)c1ccccc1C(=O)Nc1ccc(C2=NN(c3ccccc3)C(c3ccccc3)C2)cc1. The van der Waals surface area contributed by atoms with Crippen LogP contribution >= 0.6 is 0 Å². The molecule has 0 saturated carbocycles. The highest BCUT2D eigenvalue weighted by Crippen LogP contribution is 2.36. The largest absolute Gasteiger partial charge is 0.478 e. The van der Waals surface area contributed by atoms with Crippen LogP contribution in [0.15, 0.2) is 114 Å². The highest BCUT2D eigenvalue weighted by atomic mass is 16.4. The summed E-state index contributed by atoms with van der Waals surface area (Å²) in [4.78, 5) is 24.1. The first-order valence-corrected chi connectivity index (χ1v) is 11.3. The predicted octanol–water partition coefficient (Wildman–Crippen LogP) is 5.99. The molecule has 4 aromatic carbocycles. The molecule has 1 aliphatic heterocycles. The van der Waals surface area contributed by atoms with Crippen molar-refractivity contribution in [1.82, 2.24) is 0 Å². The molecular weight excluding hydrogens is 438 g/mol. The molecule has 0 bridgehead atoms. The number of aromatic carboxylic acids is 1. The highest BCUT2D eigenvalue weighted by molar-refractivity contribution is 6.11. The maximum absolute atomic E-state index is 12.7.